The lowest BCUT2D eigenvalue weighted by atomic mass is 9.64. The molecule has 2 aromatic carbocycles. The fourth-order valence-corrected chi connectivity index (χ4v) is 3.50. The standard InChI is InChI=1S/C21H20N2O/c24-20(19-12-11-16-7-4-5-10-18(16)23-19)22-15-21(13-6-14-21)17-8-2-1-3-9-17/h1-5,7-12H,6,13-15H2,(H,22,24). The number of fused-ring (bicyclic) bond motifs is 1. The quantitative estimate of drug-likeness (QED) is 0.788. The van der Waals surface area contributed by atoms with Crippen molar-refractivity contribution < 1.29 is 4.79 Å². The van der Waals surface area contributed by atoms with Crippen LogP contribution in [0.25, 0.3) is 10.9 Å². The Kier molecular flexibility index (Phi) is 3.77. The summed E-state index contributed by atoms with van der Waals surface area (Å²) in [6.07, 6.45) is 3.48. The Labute approximate surface area is 141 Å². The van der Waals surface area contributed by atoms with E-state index in [1.54, 1.807) is 6.07 Å². The van der Waals surface area contributed by atoms with Crippen molar-refractivity contribution in [2.24, 2.45) is 0 Å². The molecule has 4 rings (SSSR count). The van der Waals surface area contributed by atoms with Gasteiger partial charge in [0.25, 0.3) is 5.91 Å². The number of nitrogens with one attached hydrogen (secondary N) is 1. The van der Waals surface area contributed by atoms with Crippen LogP contribution in [0.15, 0.2) is 66.7 Å². The second-order valence-corrected chi connectivity index (χ2v) is 6.57. The minimum absolute atomic E-state index is 0.0910. The molecule has 1 aliphatic rings. The number of hydrogen-bond donors (Lipinski definition) is 1. The van der Waals surface area contributed by atoms with E-state index in [9.17, 15) is 4.79 Å². The molecule has 0 aliphatic heterocycles. The first-order valence-corrected chi connectivity index (χ1v) is 8.46. The number of rotatable bonds is 4. The van der Waals surface area contributed by atoms with Crippen molar-refractivity contribution in [3.63, 3.8) is 0 Å². The van der Waals surface area contributed by atoms with Crippen molar-refractivity contribution in [3.8, 4) is 0 Å². The molecule has 1 fully saturated rings. The predicted molar refractivity (Wildman–Crippen MR) is 96.0 cm³/mol. The van der Waals surface area contributed by atoms with Crippen molar-refractivity contribution in [3.05, 3.63) is 78.0 Å². The highest BCUT2D eigenvalue weighted by molar-refractivity contribution is 5.94. The van der Waals surface area contributed by atoms with E-state index in [0.29, 0.717) is 12.2 Å². The van der Waals surface area contributed by atoms with E-state index in [4.69, 9.17) is 0 Å². The highest BCUT2D eigenvalue weighted by Gasteiger charge is 2.38. The maximum absolute atomic E-state index is 12.5. The molecule has 3 heteroatoms. The number of benzene rings is 2. The second-order valence-electron chi connectivity index (χ2n) is 6.57. The minimum atomic E-state index is -0.0945. The molecule has 3 aromatic rings. The summed E-state index contributed by atoms with van der Waals surface area (Å²) in [5.74, 6) is -0.0945. The van der Waals surface area contributed by atoms with Gasteiger partial charge in [0.15, 0.2) is 0 Å². The van der Waals surface area contributed by atoms with Gasteiger partial charge in [0.2, 0.25) is 0 Å². The molecule has 1 N–H and O–H groups in total. The summed E-state index contributed by atoms with van der Waals surface area (Å²) in [5, 5.41) is 4.15. The van der Waals surface area contributed by atoms with Crippen LogP contribution in [0.3, 0.4) is 0 Å². The van der Waals surface area contributed by atoms with Crippen LogP contribution in [0.5, 0.6) is 0 Å². The van der Waals surface area contributed by atoms with Crippen LogP contribution < -0.4 is 5.32 Å². The first-order valence-electron chi connectivity index (χ1n) is 8.46. The molecular formula is C21H20N2O. The topological polar surface area (TPSA) is 42.0 Å². The molecule has 1 heterocycles. The van der Waals surface area contributed by atoms with Crippen LogP contribution in [0.2, 0.25) is 0 Å². The summed E-state index contributed by atoms with van der Waals surface area (Å²) in [7, 11) is 0. The van der Waals surface area contributed by atoms with Crippen molar-refractivity contribution in [1.82, 2.24) is 10.3 Å². The van der Waals surface area contributed by atoms with Gasteiger partial charge in [0.05, 0.1) is 5.52 Å². The number of para-hydroxylation sites is 1. The largest absolute Gasteiger partial charge is 0.350 e. The number of nitrogens with zero attached hydrogens (tertiary/aromatic N) is 1. The highest BCUT2D eigenvalue weighted by atomic mass is 16.1. The zero-order chi connectivity index (χ0) is 16.4. The SMILES string of the molecule is O=C(NCC1(c2ccccc2)CCC1)c1ccc2ccccc2n1. The molecule has 1 saturated carbocycles. The van der Waals surface area contributed by atoms with Gasteiger partial charge < -0.3 is 5.32 Å². The van der Waals surface area contributed by atoms with Crippen molar-refractivity contribution in [1.29, 1.82) is 0 Å². The molecular weight excluding hydrogens is 296 g/mol. The first-order chi connectivity index (χ1) is 11.8. The third-order valence-electron chi connectivity index (χ3n) is 5.12. The second kappa shape index (κ2) is 6.08. The fourth-order valence-electron chi connectivity index (χ4n) is 3.50. The van der Waals surface area contributed by atoms with Crippen LogP contribution >= 0.6 is 0 Å². The van der Waals surface area contributed by atoms with Crippen LogP contribution in [-0.2, 0) is 5.41 Å². The lowest BCUT2D eigenvalue weighted by molar-refractivity contribution is 0.0923. The van der Waals surface area contributed by atoms with E-state index in [1.165, 1.54) is 12.0 Å². The van der Waals surface area contributed by atoms with E-state index in [0.717, 1.165) is 23.7 Å². The molecule has 120 valence electrons. The molecule has 0 atom stereocenters. The van der Waals surface area contributed by atoms with Gasteiger partial charge in [-0.05, 0) is 30.5 Å². The Morgan fingerprint density at radius 2 is 1.71 bits per heavy atom. The fraction of sp³-hybridized carbons (Fsp3) is 0.238. The molecule has 0 radical (unpaired) electrons. The number of pyridine rings is 1. The van der Waals surface area contributed by atoms with Gasteiger partial charge in [-0.15, -0.1) is 0 Å². The Bertz CT molecular complexity index is 869. The zero-order valence-electron chi connectivity index (χ0n) is 13.5. The Hall–Kier alpha value is -2.68. The van der Waals surface area contributed by atoms with Gasteiger partial charge in [0.1, 0.15) is 5.69 Å². The van der Waals surface area contributed by atoms with Crippen molar-refractivity contribution >= 4 is 16.8 Å². The maximum atomic E-state index is 12.5. The van der Waals surface area contributed by atoms with E-state index in [-0.39, 0.29) is 11.3 Å². The van der Waals surface area contributed by atoms with Gasteiger partial charge in [-0.1, -0.05) is 61.0 Å². The average molecular weight is 316 g/mol. The minimum Gasteiger partial charge on any atom is -0.350 e. The van der Waals surface area contributed by atoms with Gasteiger partial charge in [0, 0.05) is 17.3 Å². The van der Waals surface area contributed by atoms with Crippen molar-refractivity contribution in [2.75, 3.05) is 6.54 Å². The van der Waals surface area contributed by atoms with Crippen LogP contribution in [0.1, 0.15) is 35.3 Å². The molecule has 0 spiro atoms. The van der Waals surface area contributed by atoms with Crippen molar-refractivity contribution in [2.45, 2.75) is 24.7 Å². The number of aromatic nitrogens is 1. The summed E-state index contributed by atoms with van der Waals surface area (Å²) in [5.41, 5.74) is 2.75. The summed E-state index contributed by atoms with van der Waals surface area (Å²) in [6, 6.07) is 22.1. The zero-order valence-corrected chi connectivity index (χ0v) is 13.5. The summed E-state index contributed by atoms with van der Waals surface area (Å²) in [6.45, 7) is 0.671. The summed E-state index contributed by atoms with van der Waals surface area (Å²) in [4.78, 5) is 17.0. The van der Waals surface area contributed by atoms with Gasteiger partial charge in [-0.2, -0.15) is 0 Å². The van der Waals surface area contributed by atoms with Crippen LogP contribution in [0, 0.1) is 0 Å². The molecule has 0 unspecified atom stereocenters. The Balaban J connectivity index is 1.51. The Morgan fingerprint density at radius 1 is 0.958 bits per heavy atom. The molecule has 3 nitrogen and oxygen atoms in total. The lowest BCUT2D eigenvalue weighted by Gasteiger charge is -2.42. The monoisotopic (exact) mass is 316 g/mol. The smallest absolute Gasteiger partial charge is 0.269 e. The van der Waals surface area contributed by atoms with Gasteiger partial charge in [-0.3, -0.25) is 4.79 Å². The Morgan fingerprint density at radius 3 is 2.46 bits per heavy atom. The predicted octanol–water partition coefficient (Wildman–Crippen LogP) is 4.09. The lowest BCUT2D eigenvalue weighted by Crippen LogP contribution is -2.45. The number of carbonyl (C=O) groups is 1. The van der Waals surface area contributed by atoms with E-state index in [2.05, 4.69) is 34.6 Å². The number of hydrogen-bond acceptors (Lipinski definition) is 2. The van der Waals surface area contributed by atoms with Crippen LogP contribution in [-0.4, -0.2) is 17.4 Å². The highest BCUT2D eigenvalue weighted by Crippen LogP contribution is 2.43. The van der Waals surface area contributed by atoms with E-state index in [1.807, 2.05) is 36.4 Å². The number of carbonyl (C=O) groups excluding carboxylic acids is 1. The number of amides is 1. The third kappa shape index (κ3) is 2.67. The molecule has 1 aromatic heterocycles. The third-order valence-corrected chi connectivity index (χ3v) is 5.12. The van der Waals surface area contributed by atoms with E-state index < -0.39 is 0 Å². The summed E-state index contributed by atoms with van der Waals surface area (Å²) < 4.78 is 0. The van der Waals surface area contributed by atoms with Gasteiger partial charge >= 0.3 is 0 Å². The van der Waals surface area contributed by atoms with Gasteiger partial charge in [-0.25, -0.2) is 4.98 Å². The molecule has 0 bridgehead atoms. The normalized spacial score (nSPS) is 15.7. The maximum Gasteiger partial charge on any atom is 0.269 e. The molecule has 1 aliphatic carbocycles. The van der Waals surface area contributed by atoms with E-state index >= 15 is 0 Å². The molecule has 1 amide bonds. The summed E-state index contributed by atoms with van der Waals surface area (Å²) >= 11 is 0. The molecule has 24 heavy (non-hydrogen) atoms. The first kappa shape index (κ1) is 14.9. The molecule has 0 saturated heterocycles. The van der Waals surface area contributed by atoms with Crippen LogP contribution in [0.4, 0.5) is 0 Å². The average Bonchev–Trinajstić information content (AvgIpc) is 2.61.